The smallest absolute Gasteiger partial charge is 0.423 e. The number of nitrogens with one attached hydrogen (secondary N) is 1. The van der Waals surface area contributed by atoms with Gasteiger partial charge in [0.15, 0.2) is 11.5 Å². The predicted octanol–water partition coefficient (Wildman–Crippen LogP) is 2.49. The summed E-state index contributed by atoms with van der Waals surface area (Å²) in [5.74, 6) is 1.76. The van der Waals surface area contributed by atoms with Crippen LogP contribution < -0.4 is 20.1 Å². The summed E-state index contributed by atoms with van der Waals surface area (Å²) in [5, 5.41) is 5.73. The van der Waals surface area contributed by atoms with Crippen molar-refractivity contribution in [2.75, 3.05) is 14.2 Å². The van der Waals surface area contributed by atoms with Crippen molar-refractivity contribution < 1.29 is 14.5 Å². The number of methoxy groups -OCH3 is 2. The molecular weight excluding hydrogens is 368 g/mol. The normalized spacial score (nSPS) is 11.3. The van der Waals surface area contributed by atoms with Gasteiger partial charge in [0.2, 0.25) is 0 Å². The number of benzene rings is 2. The van der Waals surface area contributed by atoms with E-state index < -0.39 is 0 Å². The molecule has 27 heavy (non-hydrogen) atoms. The van der Waals surface area contributed by atoms with E-state index in [0.29, 0.717) is 40.1 Å². The third-order valence-electron chi connectivity index (χ3n) is 4.45. The standard InChI is InChI=1S/C19H17ClN4O3/c1-11-21-18-14-8-16(26-2)17(27-3)9-15(14)23(19(25)24(18)22-11)10-12-5-4-6-13(20)7-12/h4-9H,10H2,1-3H3/p+1. The van der Waals surface area contributed by atoms with E-state index in [1.165, 1.54) is 4.52 Å². The number of aromatic amines is 1. The number of fused-ring (bicyclic) bond motifs is 3. The second-order valence-corrected chi connectivity index (χ2v) is 6.63. The number of nitrogens with zero attached hydrogens (tertiary/aromatic N) is 3. The van der Waals surface area contributed by atoms with Gasteiger partial charge in [-0.05, 0) is 22.2 Å². The Bertz CT molecular complexity index is 1230. The van der Waals surface area contributed by atoms with Gasteiger partial charge in [-0.3, -0.25) is 4.57 Å². The van der Waals surface area contributed by atoms with Gasteiger partial charge in [-0.15, -0.1) is 0 Å². The maximum atomic E-state index is 13.1. The molecule has 4 rings (SSSR count). The minimum Gasteiger partial charge on any atom is -0.493 e. The van der Waals surface area contributed by atoms with Crippen LogP contribution in [0.5, 0.6) is 11.5 Å². The summed E-state index contributed by atoms with van der Waals surface area (Å²) in [6.07, 6.45) is 0. The Kier molecular flexibility index (Phi) is 4.24. The highest BCUT2D eigenvalue weighted by Crippen LogP contribution is 2.32. The topological polar surface area (TPSA) is 71.9 Å². The van der Waals surface area contributed by atoms with E-state index in [0.717, 1.165) is 10.9 Å². The number of halogens is 1. The first-order valence-corrected chi connectivity index (χ1v) is 8.71. The Morgan fingerprint density at radius 2 is 1.89 bits per heavy atom. The molecule has 2 aromatic carbocycles. The average molecular weight is 386 g/mol. The number of aromatic nitrogens is 4. The van der Waals surface area contributed by atoms with E-state index >= 15 is 0 Å². The second kappa shape index (κ2) is 6.59. The molecule has 0 atom stereocenters. The summed E-state index contributed by atoms with van der Waals surface area (Å²) < 4.78 is 13.9. The summed E-state index contributed by atoms with van der Waals surface area (Å²) in [4.78, 5) is 16.3. The third kappa shape index (κ3) is 2.90. The summed E-state index contributed by atoms with van der Waals surface area (Å²) in [6.45, 7) is 2.15. The summed E-state index contributed by atoms with van der Waals surface area (Å²) in [7, 11) is 3.14. The molecule has 0 aliphatic carbocycles. The Hall–Kier alpha value is -3.06. The zero-order valence-corrected chi connectivity index (χ0v) is 15.9. The van der Waals surface area contributed by atoms with Gasteiger partial charge in [-0.1, -0.05) is 23.7 Å². The van der Waals surface area contributed by atoms with Gasteiger partial charge in [-0.2, -0.15) is 0 Å². The zero-order valence-electron chi connectivity index (χ0n) is 15.1. The SMILES string of the molecule is COc1cc2c(cc1OC)n(Cc1cccc(Cl)c1)c(=O)n1nc(C)[nH+]c21. The van der Waals surface area contributed by atoms with E-state index in [1.807, 2.05) is 24.3 Å². The lowest BCUT2D eigenvalue weighted by Crippen LogP contribution is -2.29. The van der Waals surface area contributed by atoms with Crippen molar-refractivity contribution in [2.24, 2.45) is 0 Å². The van der Waals surface area contributed by atoms with Crippen LogP contribution in [-0.4, -0.2) is 28.4 Å². The van der Waals surface area contributed by atoms with E-state index in [-0.39, 0.29) is 5.69 Å². The molecule has 2 aromatic heterocycles. The zero-order chi connectivity index (χ0) is 19.1. The van der Waals surface area contributed by atoms with Crippen LogP contribution in [0.4, 0.5) is 0 Å². The Morgan fingerprint density at radius 3 is 2.59 bits per heavy atom. The monoisotopic (exact) mass is 385 g/mol. The molecule has 0 aliphatic heterocycles. The first kappa shape index (κ1) is 17.4. The molecule has 0 saturated carbocycles. The molecule has 0 unspecified atom stereocenters. The van der Waals surface area contributed by atoms with Crippen molar-refractivity contribution in [3.8, 4) is 11.5 Å². The van der Waals surface area contributed by atoms with Crippen LogP contribution in [-0.2, 0) is 6.54 Å². The molecule has 2 heterocycles. The van der Waals surface area contributed by atoms with Crippen molar-refractivity contribution in [3.63, 3.8) is 0 Å². The Balaban J connectivity index is 2.08. The van der Waals surface area contributed by atoms with E-state index in [9.17, 15) is 4.79 Å². The van der Waals surface area contributed by atoms with Crippen LogP contribution in [0.3, 0.4) is 0 Å². The molecule has 0 bridgehead atoms. The Labute approximate surface area is 159 Å². The molecule has 8 heteroatoms. The highest BCUT2D eigenvalue weighted by Gasteiger charge is 2.22. The molecule has 0 fully saturated rings. The fourth-order valence-electron chi connectivity index (χ4n) is 3.24. The number of aryl methyl sites for hydroxylation is 1. The lowest BCUT2D eigenvalue weighted by molar-refractivity contribution is -0.355. The van der Waals surface area contributed by atoms with E-state index in [4.69, 9.17) is 21.1 Å². The van der Waals surface area contributed by atoms with Gasteiger partial charge in [0, 0.05) is 24.1 Å². The summed E-state index contributed by atoms with van der Waals surface area (Å²) >= 11 is 6.11. The molecule has 138 valence electrons. The molecule has 4 aromatic rings. The number of rotatable bonds is 4. The quantitative estimate of drug-likeness (QED) is 0.541. The maximum absolute atomic E-state index is 13.1. The van der Waals surface area contributed by atoms with Crippen LogP contribution in [0.2, 0.25) is 5.02 Å². The molecule has 7 nitrogen and oxygen atoms in total. The predicted molar refractivity (Wildman–Crippen MR) is 102 cm³/mol. The molecule has 0 spiro atoms. The van der Waals surface area contributed by atoms with Crippen molar-refractivity contribution >= 4 is 28.2 Å². The minimum atomic E-state index is -0.256. The highest BCUT2D eigenvalue weighted by molar-refractivity contribution is 6.30. The average Bonchev–Trinajstić information content (AvgIpc) is 3.06. The van der Waals surface area contributed by atoms with Crippen LogP contribution in [0.15, 0.2) is 41.2 Å². The van der Waals surface area contributed by atoms with E-state index in [2.05, 4.69) is 10.1 Å². The van der Waals surface area contributed by atoms with Gasteiger partial charge < -0.3 is 9.47 Å². The van der Waals surface area contributed by atoms with Crippen molar-refractivity contribution in [2.45, 2.75) is 13.5 Å². The first-order chi connectivity index (χ1) is 13.0. The van der Waals surface area contributed by atoms with Gasteiger partial charge in [0.25, 0.3) is 11.5 Å². The second-order valence-electron chi connectivity index (χ2n) is 6.19. The fourth-order valence-corrected chi connectivity index (χ4v) is 3.45. The van der Waals surface area contributed by atoms with Crippen LogP contribution in [0.25, 0.3) is 16.6 Å². The lowest BCUT2D eigenvalue weighted by Gasteiger charge is -2.13. The summed E-state index contributed by atoms with van der Waals surface area (Å²) in [5.41, 5.74) is 1.97. The van der Waals surface area contributed by atoms with E-state index in [1.54, 1.807) is 37.8 Å². The number of hydrogen-bond acceptors (Lipinski definition) is 4. The molecule has 0 saturated heterocycles. The number of H-pyrrole nitrogens is 1. The van der Waals surface area contributed by atoms with Crippen LogP contribution in [0.1, 0.15) is 11.4 Å². The van der Waals surface area contributed by atoms with Crippen molar-refractivity contribution in [3.05, 3.63) is 63.3 Å². The summed E-state index contributed by atoms with van der Waals surface area (Å²) in [6, 6.07) is 11.1. The molecule has 0 radical (unpaired) electrons. The lowest BCUT2D eigenvalue weighted by atomic mass is 10.2. The largest absolute Gasteiger partial charge is 0.493 e. The molecule has 1 N–H and O–H groups in total. The number of hydrogen-bond donors (Lipinski definition) is 0. The van der Waals surface area contributed by atoms with Crippen LogP contribution >= 0.6 is 11.6 Å². The van der Waals surface area contributed by atoms with Crippen molar-refractivity contribution in [1.82, 2.24) is 14.2 Å². The molecular formula is C19H18ClN4O3+. The molecule has 0 amide bonds. The minimum absolute atomic E-state index is 0.256. The highest BCUT2D eigenvalue weighted by atomic mass is 35.5. The van der Waals surface area contributed by atoms with Gasteiger partial charge in [0.1, 0.15) is 0 Å². The van der Waals surface area contributed by atoms with Gasteiger partial charge in [0.05, 0.1) is 36.8 Å². The Morgan fingerprint density at radius 1 is 1.15 bits per heavy atom. The van der Waals surface area contributed by atoms with Crippen molar-refractivity contribution in [1.29, 1.82) is 0 Å². The number of ether oxygens (including phenoxy) is 2. The first-order valence-electron chi connectivity index (χ1n) is 8.33. The molecule has 0 aliphatic rings. The fraction of sp³-hybridized carbons (Fsp3) is 0.211. The van der Waals surface area contributed by atoms with Gasteiger partial charge in [-0.25, -0.2) is 9.78 Å². The maximum Gasteiger partial charge on any atom is 0.423 e. The third-order valence-corrected chi connectivity index (χ3v) is 4.69. The van der Waals surface area contributed by atoms with Gasteiger partial charge >= 0.3 is 5.69 Å². The van der Waals surface area contributed by atoms with Crippen LogP contribution in [0, 0.1) is 6.92 Å².